The molecule has 1 saturated heterocycles. The van der Waals surface area contributed by atoms with Gasteiger partial charge in [0, 0.05) is 29.3 Å². The normalized spacial score (nSPS) is 18.1. The summed E-state index contributed by atoms with van der Waals surface area (Å²) in [7, 11) is 0. The van der Waals surface area contributed by atoms with Crippen molar-refractivity contribution in [2.75, 3.05) is 19.7 Å². The monoisotopic (exact) mass is 309 g/mol. The van der Waals surface area contributed by atoms with E-state index in [2.05, 4.69) is 27.3 Å². The van der Waals surface area contributed by atoms with Gasteiger partial charge in [-0.2, -0.15) is 0 Å². The standard InChI is InChI=1S/C14H16BrNO2/c15-12-4-10-1-2-18-14(10)11(5-12)6-13(17)3-9-7-16-8-9/h4-5,9,16H,1-3,6-8H2. The van der Waals surface area contributed by atoms with Crippen molar-refractivity contribution in [1.29, 1.82) is 0 Å². The summed E-state index contributed by atoms with van der Waals surface area (Å²) in [6, 6.07) is 4.10. The molecular formula is C14H16BrNO2. The van der Waals surface area contributed by atoms with E-state index in [1.807, 2.05) is 6.07 Å². The number of benzene rings is 1. The Morgan fingerprint density at radius 1 is 1.44 bits per heavy atom. The molecule has 1 N–H and O–H groups in total. The third kappa shape index (κ3) is 2.45. The highest BCUT2D eigenvalue weighted by Gasteiger charge is 2.23. The zero-order valence-electron chi connectivity index (χ0n) is 10.2. The van der Waals surface area contributed by atoms with Gasteiger partial charge in [0.05, 0.1) is 6.61 Å². The van der Waals surface area contributed by atoms with Crippen LogP contribution in [0.15, 0.2) is 16.6 Å². The van der Waals surface area contributed by atoms with Gasteiger partial charge in [0.25, 0.3) is 0 Å². The quantitative estimate of drug-likeness (QED) is 0.925. The van der Waals surface area contributed by atoms with Crippen LogP contribution in [0, 0.1) is 5.92 Å². The Morgan fingerprint density at radius 2 is 2.28 bits per heavy atom. The van der Waals surface area contributed by atoms with Gasteiger partial charge in [-0.15, -0.1) is 0 Å². The van der Waals surface area contributed by atoms with Crippen LogP contribution >= 0.6 is 15.9 Å². The number of ether oxygens (including phenoxy) is 1. The van der Waals surface area contributed by atoms with Crippen molar-refractivity contribution in [3.63, 3.8) is 0 Å². The summed E-state index contributed by atoms with van der Waals surface area (Å²) in [4.78, 5) is 12.0. The minimum Gasteiger partial charge on any atom is -0.493 e. The number of nitrogens with one attached hydrogen (secondary N) is 1. The molecule has 96 valence electrons. The SMILES string of the molecule is O=C(Cc1cc(Br)cc2c1OCC2)CC1CNC1. The van der Waals surface area contributed by atoms with E-state index in [9.17, 15) is 4.79 Å². The lowest BCUT2D eigenvalue weighted by Crippen LogP contribution is -2.43. The van der Waals surface area contributed by atoms with Crippen LogP contribution in [0.3, 0.4) is 0 Å². The molecule has 3 rings (SSSR count). The fourth-order valence-electron chi connectivity index (χ4n) is 2.58. The highest BCUT2D eigenvalue weighted by molar-refractivity contribution is 9.10. The molecule has 18 heavy (non-hydrogen) atoms. The van der Waals surface area contributed by atoms with Gasteiger partial charge in [-0.3, -0.25) is 4.79 Å². The molecule has 0 bridgehead atoms. The van der Waals surface area contributed by atoms with Gasteiger partial charge >= 0.3 is 0 Å². The van der Waals surface area contributed by atoms with E-state index >= 15 is 0 Å². The molecule has 1 aromatic carbocycles. The molecule has 0 radical (unpaired) electrons. The van der Waals surface area contributed by atoms with Gasteiger partial charge in [0.1, 0.15) is 11.5 Å². The summed E-state index contributed by atoms with van der Waals surface area (Å²) < 4.78 is 6.69. The number of hydrogen-bond donors (Lipinski definition) is 1. The number of fused-ring (bicyclic) bond motifs is 1. The fraction of sp³-hybridized carbons (Fsp3) is 0.500. The smallest absolute Gasteiger partial charge is 0.137 e. The lowest BCUT2D eigenvalue weighted by Gasteiger charge is -2.26. The van der Waals surface area contributed by atoms with Crippen LogP contribution in [0.4, 0.5) is 0 Å². The maximum atomic E-state index is 12.0. The Bertz CT molecular complexity index is 483. The number of halogens is 1. The number of hydrogen-bond acceptors (Lipinski definition) is 3. The molecule has 4 heteroatoms. The van der Waals surface area contributed by atoms with Gasteiger partial charge in [0.2, 0.25) is 0 Å². The molecule has 1 fully saturated rings. The molecule has 1 aromatic rings. The fourth-order valence-corrected chi connectivity index (χ4v) is 3.13. The Kier molecular flexibility index (Phi) is 3.39. The second kappa shape index (κ2) is 5.02. The first-order chi connectivity index (χ1) is 8.72. The largest absolute Gasteiger partial charge is 0.493 e. The molecule has 0 aliphatic carbocycles. The van der Waals surface area contributed by atoms with E-state index in [0.717, 1.165) is 41.9 Å². The van der Waals surface area contributed by atoms with Gasteiger partial charge in [-0.05, 0) is 36.7 Å². The third-order valence-corrected chi connectivity index (χ3v) is 4.05. The third-order valence-electron chi connectivity index (χ3n) is 3.60. The molecule has 0 aromatic heterocycles. The van der Waals surface area contributed by atoms with Crippen molar-refractivity contribution in [2.45, 2.75) is 19.3 Å². The molecule has 0 atom stereocenters. The van der Waals surface area contributed by atoms with E-state index in [1.165, 1.54) is 5.56 Å². The van der Waals surface area contributed by atoms with Crippen molar-refractivity contribution < 1.29 is 9.53 Å². The molecule has 0 amide bonds. The van der Waals surface area contributed by atoms with E-state index in [1.54, 1.807) is 0 Å². The maximum absolute atomic E-state index is 12.0. The summed E-state index contributed by atoms with van der Waals surface area (Å²) in [5.41, 5.74) is 2.26. The Morgan fingerprint density at radius 3 is 3.00 bits per heavy atom. The lowest BCUT2D eigenvalue weighted by molar-refractivity contribution is -0.119. The van der Waals surface area contributed by atoms with Gasteiger partial charge in [-0.25, -0.2) is 0 Å². The zero-order chi connectivity index (χ0) is 12.5. The number of ketones is 1. The van der Waals surface area contributed by atoms with Crippen LogP contribution < -0.4 is 10.1 Å². The average molecular weight is 310 g/mol. The first-order valence-electron chi connectivity index (χ1n) is 6.39. The number of rotatable bonds is 4. The number of carbonyl (C=O) groups is 1. The van der Waals surface area contributed by atoms with E-state index in [0.29, 0.717) is 24.5 Å². The van der Waals surface area contributed by atoms with Crippen molar-refractivity contribution in [3.05, 3.63) is 27.7 Å². The molecule has 0 spiro atoms. The van der Waals surface area contributed by atoms with E-state index < -0.39 is 0 Å². The highest BCUT2D eigenvalue weighted by Crippen LogP contribution is 2.33. The minimum absolute atomic E-state index is 0.317. The van der Waals surface area contributed by atoms with E-state index in [-0.39, 0.29) is 0 Å². The predicted molar refractivity (Wildman–Crippen MR) is 73.0 cm³/mol. The maximum Gasteiger partial charge on any atom is 0.137 e. The zero-order valence-corrected chi connectivity index (χ0v) is 11.8. The summed E-state index contributed by atoms with van der Waals surface area (Å²) in [6.07, 6.45) is 2.13. The summed E-state index contributed by atoms with van der Waals surface area (Å²) in [5, 5.41) is 3.20. The predicted octanol–water partition coefficient (Wildman–Crippen LogP) is 2.11. The molecule has 0 unspecified atom stereocenters. The second-order valence-electron chi connectivity index (χ2n) is 5.10. The van der Waals surface area contributed by atoms with Crippen LogP contribution in [0.25, 0.3) is 0 Å². The Balaban J connectivity index is 1.73. The van der Waals surface area contributed by atoms with Crippen LogP contribution in [0.5, 0.6) is 5.75 Å². The minimum atomic E-state index is 0.317. The van der Waals surface area contributed by atoms with E-state index in [4.69, 9.17) is 4.74 Å². The molecular weight excluding hydrogens is 294 g/mol. The molecule has 0 saturated carbocycles. The van der Waals surface area contributed by atoms with Gasteiger partial charge in [0.15, 0.2) is 0 Å². The van der Waals surface area contributed by atoms with Crippen molar-refractivity contribution in [3.8, 4) is 5.75 Å². The summed E-state index contributed by atoms with van der Waals surface area (Å²) in [6.45, 7) is 2.71. The number of carbonyl (C=O) groups excluding carboxylic acids is 1. The van der Waals surface area contributed by atoms with Gasteiger partial charge < -0.3 is 10.1 Å². The Hall–Kier alpha value is -0.870. The first kappa shape index (κ1) is 12.2. The van der Waals surface area contributed by atoms with Crippen LogP contribution in [0.1, 0.15) is 17.5 Å². The van der Waals surface area contributed by atoms with Crippen LogP contribution in [-0.2, 0) is 17.6 Å². The topological polar surface area (TPSA) is 38.3 Å². The average Bonchev–Trinajstić information content (AvgIpc) is 2.71. The molecule has 2 aliphatic rings. The summed E-state index contributed by atoms with van der Waals surface area (Å²) >= 11 is 3.50. The second-order valence-corrected chi connectivity index (χ2v) is 6.01. The first-order valence-corrected chi connectivity index (χ1v) is 7.18. The molecule has 2 heterocycles. The van der Waals surface area contributed by atoms with Crippen molar-refractivity contribution >= 4 is 21.7 Å². The van der Waals surface area contributed by atoms with Crippen LogP contribution in [-0.4, -0.2) is 25.5 Å². The van der Waals surface area contributed by atoms with Crippen molar-refractivity contribution in [1.82, 2.24) is 5.32 Å². The van der Waals surface area contributed by atoms with Crippen molar-refractivity contribution in [2.24, 2.45) is 5.92 Å². The van der Waals surface area contributed by atoms with Gasteiger partial charge in [-0.1, -0.05) is 15.9 Å². The summed E-state index contributed by atoms with van der Waals surface area (Å²) in [5.74, 6) is 1.80. The molecule has 2 aliphatic heterocycles. The molecule has 3 nitrogen and oxygen atoms in total. The Labute approximate surface area is 115 Å². The van der Waals surface area contributed by atoms with Crippen LogP contribution in [0.2, 0.25) is 0 Å². The number of Topliss-reactive ketones (excluding diaryl/α,β-unsaturated/α-hetero) is 1. The lowest BCUT2D eigenvalue weighted by atomic mass is 9.93. The highest BCUT2D eigenvalue weighted by atomic mass is 79.9.